The summed E-state index contributed by atoms with van der Waals surface area (Å²) in [4.78, 5) is 9.82. The van der Waals surface area contributed by atoms with Crippen molar-refractivity contribution in [3.8, 4) is 0 Å². The van der Waals surface area contributed by atoms with Gasteiger partial charge in [0.15, 0.2) is 5.96 Å². The molecule has 0 saturated carbocycles. The SMILES string of the molecule is CN=C(NCc1ccc(F)c(COC)c1)NCc1sc(C)nc1C. The van der Waals surface area contributed by atoms with E-state index in [1.807, 2.05) is 13.8 Å². The van der Waals surface area contributed by atoms with E-state index in [9.17, 15) is 4.39 Å². The van der Waals surface area contributed by atoms with Gasteiger partial charge in [-0.2, -0.15) is 0 Å². The highest BCUT2D eigenvalue weighted by molar-refractivity contribution is 7.11. The number of hydrogen-bond donors (Lipinski definition) is 2. The molecular formula is C17H23FN4OS. The second-order valence-corrected chi connectivity index (χ2v) is 6.67. The van der Waals surface area contributed by atoms with Crippen LogP contribution in [0.25, 0.3) is 0 Å². The number of nitrogens with one attached hydrogen (secondary N) is 2. The first-order valence-electron chi connectivity index (χ1n) is 7.67. The van der Waals surface area contributed by atoms with Gasteiger partial charge in [-0.05, 0) is 31.5 Å². The third kappa shape index (κ3) is 5.01. The van der Waals surface area contributed by atoms with Gasteiger partial charge in [0.25, 0.3) is 0 Å². The number of hydrogen-bond acceptors (Lipinski definition) is 4. The lowest BCUT2D eigenvalue weighted by Crippen LogP contribution is -2.36. The number of ether oxygens (including phenoxy) is 1. The van der Waals surface area contributed by atoms with E-state index in [0.29, 0.717) is 24.6 Å². The summed E-state index contributed by atoms with van der Waals surface area (Å²) >= 11 is 1.68. The summed E-state index contributed by atoms with van der Waals surface area (Å²) in [6.07, 6.45) is 0. The standard InChI is InChI=1S/C17H23FN4OS/c1-11-16(24-12(2)22-11)9-21-17(19-3)20-8-13-5-6-15(18)14(7-13)10-23-4/h5-7H,8-10H2,1-4H3,(H2,19,20,21). The molecule has 130 valence electrons. The highest BCUT2D eigenvalue weighted by atomic mass is 32.1. The zero-order chi connectivity index (χ0) is 17.5. The Balaban J connectivity index is 1.92. The molecule has 7 heteroatoms. The Bertz CT molecular complexity index is 715. The molecule has 1 aromatic heterocycles. The number of aliphatic imine (C=N–C) groups is 1. The fourth-order valence-corrected chi connectivity index (χ4v) is 3.19. The molecule has 0 aliphatic rings. The van der Waals surface area contributed by atoms with Crippen molar-refractivity contribution < 1.29 is 9.13 Å². The first kappa shape index (κ1) is 18.4. The molecule has 1 heterocycles. The van der Waals surface area contributed by atoms with E-state index in [1.54, 1.807) is 37.6 Å². The van der Waals surface area contributed by atoms with Crippen molar-refractivity contribution >= 4 is 17.3 Å². The van der Waals surface area contributed by atoms with Crippen LogP contribution in [0.5, 0.6) is 0 Å². The zero-order valence-corrected chi connectivity index (χ0v) is 15.3. The molecule has 24 heavy (non-hydrogen) atoms. The van der Waals surface area contributed by atoms with Gasteiger partial charge in [0.2, 0.25) is 0 Å². The molecule has 0 aliphatic carbocycles. The van der Waals surface area contributed by atoms with Crippen LogP contribution in [-0.4, -0.2) is 25.1 Å². The van der Waals surface area contributed by atoms with Crippen LogP contribution in [0.2, 0.25) is 0 Å². The number of guanidine groups is 1. The second-order valence-electron chi connectivity index (χ2n) is 5.38. The predicted molar refractivity (Wildman–Crippen MR) is 95.7 cm³/mol. The van der Waals surface area contributed by atoms with Crippen LogP contribution in [0.1, 0.15) is 26.7 Å². The molecule has 2 rings (SSSR count). The van der Waals surface area contributed by atoms with E-state index >= 15 is 0 Å². The van der Waals surface area contributed by atoms with Gasteiger partial charge < -0.3 is 15.4 Å². The Morgan fingerprint density at radius 2 is 2.04 bits per heavy atom. The summed E-state index contributed by atoms with van der Waals surface area (Å²) < 4.78 is 18.6. The monoisotopic (exact) mass is 350 g/mol. The molecule has 0 fully saturated rings. The predicted octanol–water partition coefficient (Wildman–Crippen LogP) is 2.91. The zero-order valence-electron chi connectivity index (χ0n) is 14.4. The summed E-state index contributed by atoms with van der Waals surface area (Å²) in [6.45, 7) is 5.50. The van der Waals surface area contributed by atoms with Crippen LogP contribution in [0.15, 0.2) is 23.2 Å². The summed E-state index contributed by atoms with van der Waals surface area (Å²) in [5, 5.41) is 7.56. The van der Waals surface area contributed by atoms with Crippen molar-refractivity contribution in [2.45, 2.75) is 33.5 Å². The van der Waals surface area contributed by atoms with Crippen LogP contribution in [0, 0.1) is 19.7 Å². The summed E-state index contributed by atoms with van der Waals surface area (Å²) in [7, 11) is 3.28. The number of methoxy groups -OCH3 is 1. The number of benzene rings is 1. The minimum atomic E-state index is -0.251. The molecule has 0 saturated heterocycles. The Morgan fingerprint density at radius 3 is 2.67 bits per heavy atom. The van der Waals surface area contributed by atoms with Crippen LogP contribution < -0.4 is 10.6 Å². The Morgan fingerprint density at radius 1 is 1.29 bits per heavy atom. The molecule has 0 amide bonds. The highest BCUT2D eigenvalue weighted by Crippen LogP contribution is 2.16. The van der Waals surface area contributed by atoms with Crippen molar-refractivity contribution in [2.75, 3.05) is 14.2 Å². The van der Waals surface area contributed by atoms with E-state index in [1.165, 1.54) is 10.9 Å². The molecular weight excluding hydrogens is 327 g/mol. The lowest BCUT2D eigenvalue weighted by atomic mass is 10.1. The third-order valence-corrected chi connectivity index (χ3v) is 4.58. The average Bonchev–Trinajstić information content (AvgIpc) is 2.88. The van der Waals surface area contributed by atoms with E-state index in [4.69, 9.17) is 4.74 Å². The number of rotatable bonds is 6. The first-order chi connectivity index (χ1) is 11.5. The van der Waals surface area contributed by atoms with Gasteiger partial charge in [0, 0.05) is 31.1 Å². The third-order valence-electron chi connectivity index (χ3n) is 3.51. The number of halogens is 1. The van der Waals surface area contributed by atoms with Gasteiger partial charge in [-0.3, -0.25) is 4.99 Å². The lowest BCUT2D eigenvalue weighted by molar-refractivity contribution is 0.181. The van der Waals surface area contributed by atoms with Gasteiger partial charge in [0.1, 0.15) is 5.82 Å². The van der Waals surface area contributed by atoms with Crippen molar-refractivity contribution in [1.29, 1.82) is 0 Å². The van der Waals surface area contributed by atoms with Crippen LogP contribution in [0.3, 0.4) is 0 Å². The first-order valence-corrected chi connectivity index (χ1v) is 8.48. The van der Waals surface area contributed by atoms with Crippen molar-refractivity contribution in [3.05, 3.63) is 50.7 Å². The van der Waals surface area contributed by atoms with Gasteiger partial charge in [-0.25, -0.2) is 9.37 Å². The Kier molecular flexibility index (Phi) is 6.69. The van der Waals surface area contributed by atoms with Crippen molar-refractivity contribution in [3.63, 3.8) is 0 Å². The van der Waals surface area contributed by atoms with E-state index in [-0.39, 0.29) is 12.4 Å². The topological polar surface area (TPSA) is 58.5 Å². The second kappa shape index (κ2) is 8.75. The fourth-order valence-electron chi connectivity index (χ4n) is 2.31. The van der Waals surface area contributed by atoms with E-state index in [2.05, 4.69) is 20.6 Å². The molecule has 0 bridgehead atoms. The maximum Gasteiger partial charge on any atom is 0.191 e. The van der Waals surface area contributed by atoms with Gasteiger partial charge in [-0.15, -0.1) is 11.3 Å². The van der Waals surface area contributed by atoms with Crippen molar-refractivity contribution in [2.24, 2.45) is 4.99 Å². The molecule has 0 spiro atoms. The number of nitrogens with zero attached hydrogens (tertiary/aromatic N) is 2. The smallest absolute Gasteiger partial charge is 0.191 e. The maximum atomic E-state index is 13.6. The van der Waals surface area contributed by atoms with Crippen LogP contribution in [-0.2, 0) is 24.4 Å². The Labute approximate surface area is 146 Å². The van der Waals surface area contributed by atoms with E-state index in [0.717, 1.165) is 16.3 Å². The normalized spacial score (nSPS) is 11.6. The number of aryl methyl sites for hydroxylation is 2. The number of thiazole rings is 1. The molecule has 2 N–H and O–H groups in total. The van der Waals surface area contributed by atoms with E-state index < -0.39 is 0 Å². The van der Waals surface area contributed by atoms with Crippen molar-refractivity contribution in [1.82, 2.24) is 15.6 Å². The van der Waals surface area contributed by atoms with Gasteiger partial charge >= 0.3 is 0 Å². The van der Waals surface area contributed by atoms with Crippen LogP contribution >= 0.6 is 11.3 Å². The lowest BCUT2D eigenvalue weighted by Gasteiger charge is -2.12. The average molecular weight is 350 g/mol. The molecule has 0 unspecified atom stereocenters. The molecule has 0 radical (unpaired) electrons. The number of aromatic nitrogens is 1. The molecule has 0 aliphatic heterocycles. The molecule has 5 nitrogen and oxygen atoms in total. The molecule has 2 aromatic rings. The Hall–Kier alpha value is -1.99. The fraction of sp³-hybridized carbons (Fsp3) is 0.412. The summed E-state index contributed by atoms with van der Waals surface area (Å²) in [5.74, 6) is 0.442. The highest BCUT2D eigenvalue weighted by Gasteiger charge is 2.07. The largest absolute Gasteiger partial charge is 0.380 e. The molecule has 0 atom stereocenters. The quantitative estimate of drug-likeness (QED) is 0.621. The van der Waals surface area contributed by atoms with Gasteiger partial charge in [0.05, 0.1) is 23.9 Å². The minimum Gasteiger partial charge on any atom is -0.380 e. The summed E-state index contributed by atoms with van der Waals surface area (Å²) in [5.41, 5.74) is 2.56. The van der Waals surface area contributed by atoms with Gasteiger partial charge in [-0.1, -0.05) is 6.07 Å². The van der Waals surface area contributed by atoms with Crippen LogP contribution in [0.4, 0.5) is 4.39 Å². The minimum absolute atomic E-state index is 0.251. The maximum absolute atomic E-state index is 13.6. The molecule has 1 aromatic carbocycles. The summed E-state index contributed by atoms with van der Waals surface area (Å²) in [6, 6.07) is 5.02.